The second kappa shape index (κ2) is 5.84. The van der Waals surface area contributed by atoms with Crippen LogP contribution in [0.25, 0.3) is 22.6 Å². The predicted molar refractivity (Wildman–Crippen MR) is 85.5 cm³/mol. The van der Waals surface area contributed by atoms with E-state index in [1.54, 1.807) is 12.4 Å². The van der Waals surface area contributed by atoms with E-state index in [0.29, 0.717) is 16.8 Å². The molecule has 2 aliphatic heterocycles. The van der Waals surface area contributed by atoms with Crippen LogP contribution in [0.5, 0.6) is 0 Å². The van der Waals surface area contributed by atoms with E-state index in [2.05, 4.69) is 26.1 Å². The minimum Gasteiger partial charge on any atom is -0.345 e. The van der Waals surface area contributed by atoms with Crippen molar-refractivity contribution in [2.45, 2.75) is 38.1 Å². The van der Waals surface area contributed by atoms with Crippen LogP contribution in [0.15, 0.2) is 30.9 Å². The highest BCUT2D eigenvalue weighted by Gasteiger charge is 2.27. The third kappa shape index (κ3) is 2.48. The molecule has 0 saturated heterocycles. The summed E-state index contributed by atoms with van der Waals surface area (Å²) in [5.41, 5.74) is 1.36. The van der Waals surface area contributed by atoms with Crippen LogP contribution in [0.4, 0.5) is 0 Å². The van der Waals surface area contributed by atoms with E-state index in [4.69, 9.17) is 5.48 Å². The molecule has 4 rings (SSSR count). The zero-order chi connectivity index (χ0) is 19.2. The van der Waals surface area contributed by atoms with Gasteiger partial charge in [0, 0.05) is 23.5 Å². The predicted octanol–water partition coefficient (Wildman–Crippen LogP) is 3.42. The molecular formula is C17H18N6. The molecule has 0 amide bonds. The summed E-state index contributed by atoms with van der Waals surface area (Å²) in [7, 11) is 0. The van der Waals surface area contributed by atoms with E-state index in [1.165, 1.54) is 4.68 Å². The largest absolute Gasteiger partial charge is 0.345 e. The van der Waals surface area contributed by atoms with Gasteiger partial charge in [0.25, 0.3) is 0 Å². The van der Waals surface area contributed by atoms with E-state index in [0.717, 1.165) is 25.7 Å². The standard InChI is InChI=1S/C17H18N6/c18-7-5-15(12-3-1-2-4-12)23-10-13(9-22-23)16-14-6-8-19-17(14)21-11-20-16/h6,8-12,15H,1-5H2,(H,19,20,21)/t15-/m0/s1/i6D,8D,11D,15D. The lowest BCUT2D eigenvalue weighted by atomic mass is 9.96. The van der Waals surface area contributed by atoms with E-state index in [9.17, 15) is 5.26 Å². The quantitative estimate of drug-likeness (QED) is 0.800. The number of hydrogen-bond donors (Lipinski definition) is 1. The third-order valence-electron chi connectivity index (χ3n) is 4.41. The molecule has 3 heterocycles. The minimum absolute atomic E-state index is 0.0381. The Bertz CT molecular complexity index is 1000. The number of nitriles is 1. The Kier molecular flexibility index (Phi) is 2.58. The Morgan fingerprint density at radius 3 is 3.17 bits per heavy atom. The molecule has 23 heavy (non-hydrogen) atoms. The zero-order valence-corrected chi connectivity index (χ0v) is 12.5. The monoisotopic (exact) mass is 310 g/mol. The molecule has 1 aromatic rings. The molecule has 6 nitrogen and oxygen atoms in total. The van der Waals surface area contributed by atoms with Crippen LogP contribution in [0.2, 0.25) is 0 Å². The van der Waals surface area contributed by atoms with Gasteiger partial charge in [-0.2, -0.15) is 10.4 Å². The Labute approximate surface area is 140 Å². The lowest BCUT2D eigenvalue weighted by molar-refractivity contribution is 0.315. The van der Waals surface area contributed by atoms with Gasteiger partial charge < -0.3 is 4.98 Å². The summed E-state index contributed by atoms with van der Waals surface area (Å²) in [4.78, 5) is 10.7. The maximum atomic E-state index is 9.26. The van der Waals surface area contributed by atoms with E-state index in [1.807, 2.05) is 0 Å². The molecule has 0 bridgehead atoms. The van der Waals surface area contributed by atoms with E-state index >= 15 is 0 Å². The van der Waals surface area contributed by atoms with Crippen molar-refractivity contribution >= 4 is 0 Å². The number of rotatable bonds is 4. The SMILES string of the molecule is [2H]c1nc2nc([2H])c([2H])c-2c(-c2cnn([C@@]([2H])(CC#N)C3CCCC3)c2)[nH]1. The zero-order valence-electron chi connectivity index (χ0n) is 16.5. The van der Waals surface area contributed by atoms with E-state index < -0.39 is 6.02 Å². The van der Waals surface area contributed by atoms with Gasteiger partial charge in [-0.15, -0.1) is 0 Å². The highest BCUT2D eigenvalue weighted by molar-refractivity contribution is 5.77. The van der Waals surface area contributed by atoms with Gasteiger partial charge >= 0.3 is 0 Å². The molecule has 1 N–H and O–H groups in total. The van der Waals surface area contributed by atoms with Crippen molar-refractivity contribution in [1.82, 2.24) is 24.7 Å². The Hall–Kier alpha value is -2.68. The highest BCUT2D eigenvalue weighted by atomic mass is 15.3. The fourth-order valence-corrected chi connectivity index (χ4v) is 3.28. The second-order valence-corrected chi connectivity index (χ2v) is 5.75. The molecule has 6 heteroatoms. The van der Waals surface area contributed by atoms with Crippen molar-refractivity contribution < 1.29 is 5.48 Å². The summed E-state index contributed by atoms with van der Waals surface area (Å²) in [6.45, 7) is 0. The summed E-state index contributed by atoms with van der Waals surface area (Å²) < 4.78 is 34.1. The Morgan fingerprint density at radius 2 is 2.35 bits per heavy atom. The number of nitrogens with zero attached hydrogens (tertiary/aromatic N) is 5. The van der Waals surface area contributed by atoms with Crippen molar-refractivity contribution in [2.75, 3.05) is 0 Å². The van der Waals surface area contributed by atoms with Gasteiger partial charge in [-0.1, -0.05) is 12.8 Å². The normalized spacial score (nSPS) is 20.5. The molecule has 1 aliphatic carbocycles. The minimum atomic E-state index is -1.14. The van der Waals surface area contributed by atoms with Gasteiger partial charge in [0.2, 0.25) is 0 Å². The second-order valence-electron chi connectivity index (χ2n) is 5.75. The summed E-state index contributed by atoms with van der Waals surface area (Å²) in [6.07, 6.45) is 6.83. The van der Waals surface area contributed by atoms with Crippen LogP contribution in [0.3, 0.4) is 0 Å². The van der Waals surface area contributed by atoms with Crippen molar-refractivity contribution in [3.05, 3.63) is 30.9 Å². The van der Waals surface area contributed by atoms with Crippen molar-refractivity contribution in [2.24, 2.45) is 5.92 Å². The van der Waals surface area contributed by atoms with Gasteiger partial charge in [0.1, 0.15) is 1.37 Å². The van der Waals surface area contributed by atoms with Gasteiger partial charge in [-0.25, -0.2) is 9.97 Å². The lowest BCUT2D eigenvalue weighted by Gasteiger charge is -2.21. The first-order valence-corrected chi connectivity index (χ1v) is 7.70. The van der Waals surface area contributed by atoms with Gasteiger partial charge in [-0.3, -0.25) is 4.68 Å². The first-order chi connectivity index (χ1) is 12.9. The van der Waals surface area contributed by atoms with Crippen molar-refractivity contribution in [3.63, 3.8) is 0 Å². The van der Waals surface area contributed by atoms with Crippen LogP contribution in [0.1, 0.15) is 43.6 Å². The summed E-state index contributed by atoms with van der Waals surface area (Å²) in [6, 6.07) is 0.910. The van der Waals surface area contributed by atoms with E-state index in [-0.39, 0.29) is 36.7 Å². The van der Waals surface area contributed by atoms with Crippen molar-refractivity contribution in [1.29, 1.82) is 5.26 Å². The first-order valence-electron chi connectivity index (χ1n) is 9.70. The average molecular weight is 310 g/mol. The molecule has 0 unspecified atom stereocenters. The number of hydrogen-bond acceptors (Lipinski definition) is 4. The van der Waals surface area contributed by atoms with Crippen LogP contribution < -0.4 is 0 Å². The molecule has 3 aliphatic rings. The Morgan fingerprint density at radius 1 is 1.48 bits per heavy atom. The lowest BCUT2D eigenvalue weighted by Crippen LogP contribution is -2.17. The molecule has 0 spiro atoms. The van der Waals surface area contributed by atoms with Gasteiger partial charge in [-0.05, 0) is 24.8 Å². The number of fused-ring (bicyclic) bond motifs is 1. The topological polar surface area (TPSA) is 83.2 Å². The molecule has 1 fully saturated rings. The number of nitrogens with one attached hydrogen (secondary N) is 1. The fraction of sp³-hybridized carbons (Fsp3) is 0.412. The summed E-state index contributed by atoms with van der Waals surface area (Å²) in [5.74, 6) is 0.228. The fourth-order valence-electron chi connectivity index (χ4n) is 3.28. The van der Waals surface area contributed by atoms with Crippen LogP contribution in [-0.4, -0.2) is 24.7 Å². The number of H-pyrrole nitrogens is 1. The molecule has 1 atom stereocenters. The molecular weight excluding hydrogens is 288 g/mol. The molecule has 1 aromatic heterocycles. The van der Waals surface area contributed by atoms with Crippen molar-refractivity contribution in [3.8, 4) is 28.7 Å². The van der Waals surface area contributed by atoms with Crippen LogP contribution in [0, 0.1) is 17.2 Å². The maximum Gasteiger partial charge on any atom is 0.162 e. The number of aromatic amines is 1. The number of aromatic nitrogens is 5. The molecule has 116 valence electrons. The molecule has 0 aromatic carbocycles. The average Bonchev–Trinajstić information content (AvgIpc) is 3.36. The smallest absolute Gasteiger partial charge is 0.162 e. The Balaban J connectivity index is 1.81. The first kappa shape index (κ1) is 10.2. The summed E-state index contributed by atoms with van der Waals surface area (Å²) >= 11 is 0. The highest BCUT2D eigenvalue weighted by Crippen LogP contribution is 2.37. The van der Waals surface area contributed by atoms with Crippen LogP contribution in [-0.2, 0) is 0 Å². The van der Waals surface area contributed by atoms with Gasteiger partial charge in [0.15, 0.2) is 5.82 Å². The molecule has 1 saturated carbocycles. The van der Waals surface area contributed by atoms with Crippen LogP contribution >= 0.6 is 0 Å². The maximum absolute atomic E-state index is 9.26. The third-order valence-corrected chi connectivity index (χ3v) is 4.41. The molecule has 0 radical (unpaired) electrons. The summed E-state index contributed by atoms with van der Waals surface area (Å²) in [5, 5.41) is 13.6. The van der Waals surface area contributed by atoms with Gasteiger partial charge in [0.05, 0.1) is 40.8 Å².